The van der Waals surface area contributed by atoms with Crippen molar-refractivity contribution < 1.29 is 19.4 Å². The molecule has 1 unspecified atom stereocenters. The fraction of sp³-hybridized carbons (Fsp3) is 0.500. The Morgan fingerprint density at radius 1 is 1.77 bits per heavy atom. The van der Waals surface area contributed by atoms with Gasteiger partial charge in [0, 0.05) is 0 Å². The van der Waals surface area contributed by atoms with E-state index >= 15 is 0 Å². The number of nitrogens with one attached hydrogen (secondary N) is 1. The van der Waals surface area contributed by atoms with E-state index in [1.54, 1.807) is 6.92 Å². The van der Waals surface area contributed by atoms with Gasteiger partial charge in [-0.05, 0) is 13.0 Å². The van der Waals surface area contributed by atoms with Gasteiger partial charge in [0.05, 0.1) is 19.1 Å². The van der Waals surface area contributed by atoms with Crippen LogP contribution < -0.4 is 5.32 Å². The highest BCUT2D eigenvalue weighted by atomic mass is 16.5. The molecule has 0 fully saturated rings. The molecule has 0 aromatic rings. The van der Waals surface area contributed by atoms with E-state index in [-0.39, 0.29) is 12.2 Å². The first-order valence-corrected chi connectivity index (χ1v) is 4.00. The lowest BCUT2D eigenvalue weighted by molar-refractivity contribution is -0.143. The van der Waals surface area contributed by atoms with Crippen LogP contribution in [0.1, 0.15) is 13.3 Å². The summed E-state index contributed by atoms with van der Waals surface area (Å²) in [6.45, 7) is 2.02. The van der Waals surface area contributed by atoms with Crippen molar-refractivity contribution in [3.05, 3.63) is 11.8 Å². The van der Waals surface area contributed by atoms with Gasteiger partial charge in [0.25, 0.3) is 5.91 Å². The average molecular weight is 185 g/mol. The number of aliphatic hydroxyl groups is 1. The van der Waals surface area contributed by atoms with Gasteiger partial charge in [-0.2, -0.15) is 0 Å². The number of esters is 1. The monoisotopic (exact) mass is 185 g/mol. The fourth-order valence-corrected chi connectivity index (χ4v) is 1.06. The molecule has 5 heteroatoms. The Balaban J connectivity index is 2.40. The molecule has 0 radical (unpaired) electrons. The van der Waals surface area contributed by atoms with E-state index in [0.29, 0.717) is 6.61 Å². The van der Waals surface area contributed by atoms with Crippen LogP contribution in [0.15, 0.2) is 11.8 Å². The molecule has 0 aromatic heterocycles. The molecule has 1 amide bonds. The van der Waals surface area contributed by atoms with Crippen LogP contribution >= 0.6 is 0 Å². The minimum absolute atomic E-state index is 0.0592. The van der Waals surface area contributed by atoms with Crippen LogP contribution in [-0.4, -0.2) is 29.6 Å². The van der Waals surface area contributed by atoms with Crippen molar-refractivity contribution in [1.29, 1.82) is 0 Å². The SMILES string of the molecule is CCOC(=O)CC1C=C(O)C(=O)N1. The van der Waals surface area contributed by atoms with Gasteiger partial charge in [0.1, 0.15) is 0 Å². The van der Waals surface area contributed by atoms with E-state index in [9.17, 15) is 9.59 Å². The molecule has 1 rings (SSSR count). The highest BCUT2D eigenvalue weighted by Gasteiger charge is 2.24. The van der Waals surface area contributed by atoms with Crippen molar-refractivity contribution in [2.45, 2.75) is 19.4 Å². The molecule has 0 saturated carbocycles. The highest BCUT2D eigenvalue weighted by molar-refractivity contribution is 5.94. The summed E-state index contributed by atoms with van der Waals surface area (Å²) >= 11 is 0. The number of rotatable bonds is 3. The Morgan fingerprint density at radius 2 is 2.46 bits per heavy atom. The molecule has 5 nitrogen and oxygen atoms in total. The van der Waals surface area contributed by atoms with Gasteiger partial charge in [-0.15, -0.1) is 0 Å². The van der Waals surface area contributed by atoms with Gasteiger partial charge < -0.3 is 15.2 Å². The predicted molar refractivity (Wildman–Crippen MR) is 43.9 cm³/mol. The minimum atomic E-state index is -0.547. The lowest BCUT2D eigenvalue weighted by atomic mass is 10.2. The van der Waals surface area contributed by atoms with Gasteiger partial charge in [-0.1, -0.05) is 0 Å². The van der Waals surface area contributed by atoms with E-state index in [4.69, 9.17) is 5.11 Å². The van der Waals surface area contributed by atoms with Crippen molar-refractivity contribution in [2.75, 3.05) is 6.61 Å². The molecule has 0 bridgehead atoms. The zero-order valence-electron chi connectivity index (χ0n) is 7.24. The van der Waals surface area contributed by atoms with Crippen LogP contribution in [-0.2, 0) is 14.3 Å². The normalized spacial score (nSPS) is 20.8. The van der Waals surface area contributed by atoms with Gasteiger partial charge in [-0.25, -0.2) is 0 Å². The van der Waals surface area contributed by atoms with E-state index in [1.165, 1.54) is 6.08 Å². The van der Waals surface area contributed by atoms with E-state index in [2.05, 4.69) is 10.1 Å². The van der Waals surface area contributed by atoms with Gasteiger partial charge in [0.2, 0.25) is 0 Å². The average Bonchev–Trinajstić information content (AvgIpc) is 2.31. The smallest absolute Gasteiger partial charge is 0.308 e. The highest BCUT2D eigenvalue weighted by Crippen LogP contribution is 2.07. The molecule has 2 N–H and O–H groups in total. The first kappa shape index (κ1) is 9.57. The number of aliphatic hydroxyl groups excluding tert-OH is 1. The molecule has 72 valence electrons. The topological polar surface area (TPSA) is 75.6 Å². The van der Waals surface area contributed by atoms with Crippen molar-refractivity contribution in [3.63, 3.8) is 0 Å². The molecule has 0 aliphatic carbocycles. The van der Waals surface area contributed by atoms with E-state index in [0.717, 1.165) is 0 Å². The molecule has 0 spiro atoms. The summed E-state index contributed by atoms with van der Waals surface area (Å²) in [6.07, 6.45) is 1.36. The van der Waals surface area contributed by atoms with Crippen LogP contribution in [0.25, 0.3) is 0 Å². The largest absolute Gasteiger partial charge is 0.503 e. The molecule has 1 atom stereocenters. The summed E-state index contributed by atoms with van der Waals surface area (Å²) in [7, 11) is 0. The van der Waals surface area contributed by atoms with E-state index in [1.807, 2.05) is 0 Å². The first-order valence-electron chi connectivity index (χ1n) is 4.00. The van der Waals surface area contributed by atoms with Gasteiger partial charge >= 0.3 is 5.97 Å². The zero-order chi connectivity index (χ0) is 9.84. The van der Waals surface area contributed by atoms with Gasteiger partial charge in [-0.3, -0.25) is 9.59 Å². The Morgan fingerprint density at radius 3 is 2.92 bits per heavy atom. The maximum atomic E-state index is 10.9. The number of hydrogen-bond donors (Lipinski definition) is 2. The van der Waals surface area contributed by atoms with Crippen LogP contribution in [0.4, 0.5) is 0 Å². The molecular weight excluding hydrogens is 174 g/mol. The lowest BCUT2D eigenvalue weighted by Gasteiger charge is -2.06. The summed E-state index contributed by atoms with van der Waals surface area (Å²) < 4.78 is 4.67. The third kappa shape index (κ3) is 2.47. The minimum Gasteiger partial charge on any atom is -0.503 e. The fourth-order valence-electron chi connectivity index (χ4n) is 1.06. The van der Waals surface area contributed by atoms with Crippen LogP contribution in [0.5, 0.6) is 0 Å². The molecule has 13 heavy (non-hydrogen) atoms. The van der Waals surface area contributed by atoms with Gasteiger partial charge in [0.15, 0.2) is 5.76 Å². The quantitative estimate of drug-likeness (QED) is 0.601. The summed E-state index contributed by atoms with van der Waals surface area (Å²) in [5.41, 5.74) is 0. The van der Waals surface area contributed by atoms with Crippen LogP contribution in [0.2, 0.25) is 0 Å². The summed E-state index contributed by atoms with van der Waals surface area (Å²) in [6, 6.07) is -0.438. The first-order chi connectivity index (χ1) is 6.13. The summed E-state index contributed by atoms with van der Waals surface area (Å²) in [5, 5.41) is 11.3. The Kier molecular flexibility index (Phi) is 2.89. The lowest BCUT2D eigenvalue weighted by Crippen LogP contribution is -2.29. The van der Waals surface area contributed by atoms with Crippen LogP contribution in [0.3, 0.4) is 0 Å². The van der Waals surface area contributed by atoms with Crippen molar-refractivity contribution in [3.8, 4) is 0 Å². The second-order valence-electron chi connectivity index (χ2n) is 2.64. The number of ether oxygens (including phenoxy) is 1. The second-order valence-corrected chi connectivity index (χ2v) is 2.64. The molecule has 0 saturated heterocycles. The molecule has 1 heterocycles. The number of hydrogen-bond acceptors (Lipinski definition) is 4. The third-order valence-corrected chi connectivity index (χ3v) is 1.60. The Labute approximate surface area is 75.4 Å². The summed E-state index contributed by atoms with van der Waals surface area (Å²) in [4.78, 5) is 21.7. The standard InChI is InChI=1S/C8H11NO4/c1-2-13-7(11)4-5-3-6(10)8(12)9-5/h3,5,10H,2,4H2,1H3,(H,9,12). The molecule has 1 aliphatic heterocycles. The van der Waals surface area contributed by atoms with Crippen molar-refractivity contribution >= 4 is 11.9 Å². The van der Waals surface area contributed by atoms with Crippen molar-refractivity contribution in [1.82, 2.24) is 5.32 Å². The van der Waals surface area contributed by atoms with Crippen molar-refractivity contribution in [2.24, 2.45) is 0 Å². The maximum Gasteiger partial charge on any atom is 0.308 e. The molecule has 0 aromatic carbocycles. The second kappa shape index (κ2) is 3.93. The number of amides is 1. The maximum absolute atomic E-state index is 10.9. The number of carbonyl (C=O) groups is 2. The molecule has 1 aliphatic rings. The van der Waals surface area contributed by atoms with Crippen LogP contribution in [0, 0.1) is 0 Å². The predicted octanol–water partition coefficient (Wildman–Crippen LogP) is -0.120. The number of carbonyl (C=O) groups excluding carboxylic acids is 2. The summed E-state index contributed by atoms with van der Waals surface area (Å²) in [5.74, 6) is -1.28. The van der Waals surface area contributed by atoms with E-state index < -0.39 is 17.9 Å². The third-order valence-electron chi connectivity index (χ3n) is 1.60. The molecular formula is C8H11NO4. The Hall–Kier alpha value is -1.52. The zero-order valence-corrected chi connectivity index (χ0v) is 7.24. The Bertz CT molecular complexity index is 259.